The number of aryl methyl sites for hydroxylation is 2. The molecule has 0 aliphatic heterocycles. The van der Waals surface area contributed by atoms with E-state index in [2.05, 4.69) is 5.10 Å². The number of halogens is 1. The lowest BCUT2D eigenvalue weighted by atomic mass is 9.97. The molecule has 0 aromatic carbocycles. The number of carboxylic acids is 1. The number of hydrogen-bond acceptors (Lipinski definition) is 3. The molecule has 0 amide bonds. The summed E-state index contributed by atoms with van der Waals surface area (Å²) in [5, 5.41) is 14.1. The summed E-state index contributed by atoms with van der Waals surface area (Å²) in [4.78, 5) is 11.2. The Kier molecular flexibility index (Phi) is 5.62. The van der Waals surface area contributed by atoms with Crippen molar-refractivity contribution in [3.8, 4) is 0 Å². The van der Waals surface area contributed by atoms with Crippen molar-refractivity contribution in [3.05, 3.63) is 16.4 Å². The number of nitrogens with zero attached hydrogens (tertiary/aromatic N) is 2. The minimum Gasteiger partial charge on any atom is -0.481 e. The van der Waals surface area contributed by atoms with Crippen LogP contribution >= 0.6 is 11.6 Å². The fourth-order valence-corrected chi connectivity index (χ4v) is 2.32. The highest BCUT2D eigenvalue weighted by molar-refractivity contribution is 6.31. The fraction of sp³-hybridized carbons (Fsp3) is 0.667. The van der Waals surface area contributed by atoms with Gasteiger partial charge < -0.3 is 10.8 Å². The van der Waals surface area contributed by atoms with E-state index in [1.807, 2.05) is 6.92 Å². The number of carboxylic acid groups (broad SMARTS) is 1. The van der Waals surface area contributed by atoms with Gasteiger partial charge in [0.2, 0.25) is 0 Å². The molecule has 18 heavy (non-hydrogen) atoms. The topological polar surface area (TPSA) is 81.1 Å². The quantitative estimate of drug-likeness (QED) is 0.791. The Morgan fingerprint density at radius 2 is 2.28 bits per heavy atom. The second-order valence-electron chi connectivity index (χ2n) is 4.35. The van der Waals surface area contributed by atoms with Gasteiger partial charge in [-0.1, -0.05) is 18.5 Å². The molecule has 1 rings (SSSR count). The highest BCUT2D eigenvalue weighted by Crippen LogP contribution is 2.25. The van der Waals surface area contributed by atoms with Crippen LogP contribution in [0, 0.1) is 5.92 Å². The van der Waals surface area contributed by atoms with Crippen LogP contribution in [0.5, 0.6) is 0 Å². The van der Waals surface area contributed by atoms with Gasteiger partial charge in [-0.2, -0.15) is 5.10 Å². The minimum atomic E-state index is -0.807. The zero-order valence-electron chi connectivity index (χ0n) is 10.8. The van der Waals surface area contributed by atoms with Crippen molar-refractivity contribution in [2.75, 3.05) is 6.54 Å². The molecule has 0 aliphatic carbocycles. The number of rotatable bonds is 7. The number of aliphatic carboxylic acids is 1. The van der Waals surface area contributed by atoms with Crippen LogP contribution in [0.4, 0.5) is 0 Å². The first-order chi connectivity index (χ1) is 8.51. The Hall–Kier alpha value is -1.07. The van der Waals surface area contributed by atoms with Gasteiger partial charge >= 0.3 is 5.97 Å². The minimum absolute atomic E-state index is 0.400. The van der Waals surface area contributed by atoms with Gasteiger partial charge in [0, 0.05) is 13.5 Å². The van der Waals surface area contributed by atoms with E-state index in [9.17, 15) is 9.90 Å². The maximum atomic E-state index is 11.2. The Balaban J connectivity index is 2.86. The van der Waals surface area contributed by atoms with Crippen LogP contribution in [0.25, 0.3) is 0 Å². The van der Waals surface area contributed by atoms with Gasteiger partial charge in [-0.25, -0.2) is 0 Å². The molecule has 0 saturated heterocycles. The summed E-state index contributed by atoms with van der Waals surface area (Å²) in [6.07, 6.45) is 2.41. The molecule has 0 aliphatic rings. The third-order valence-electron chi connectivity index (χ3n) is 3.05. The normalized spacial score (nSPS) is 12.7. The lowest BCUT2D eigenvalue weighted by Gasteiger charge is -2.12. The van der Waals surface area contributed by atoms with E-state index in [4.69, 9.17) is 17.3 Å². The van der Waals surface area contributed by atoms with Crippen molar-refractivity contribution in [2.45, 2.75) is 32.6 Å². The molecule has 1 atom stereocenters. The van der Waals surface area contributed by atoms with Crippen LogP contribution in [0.15, 0.2) is 0 Å². The van der Waals surface area contributed by atoms with Crippen molar-refractivity contribution in [1.82, 2.24) is 9.78 Å². The molecule has 0 saturated carbocycles. The molecule has 3 N–H and O–H groups in total. The number of nitrogens with two attached hydrogens (primary N) is 1. The molecule has 0 spiro atoms. The van der Waals surface area contributed by atoms with E-state index in [-0.39, 0.29) is 0 Å². The predicted octanol–water partition coefficient (Wildman–Crippen LogP) is 1.62. The second kappa shape index (κ2) is 6.75. The van der Waals surface area contributed by atoms with Crippen molar-refractivity contribution in [2.24, 2.45) is 18.7 Å². The van der Waals surface area contributed by atoms with Gasteiger partial charge in [0.15, 0.2) is 0 Å². The summed E-state index contributed by atoms with van der Waals surface area (Å²) in [5.74, 6) is -1.26. The smallest absolute Gasteiger partial charge is 0.306 e. The number of hydrogen-bond donors (Lipinski definition) is 2. The monoisotopic (exact) mass is 273 g/mol. The molecule has 1 heterocycles. The number of carbonyl (C=O) groups is 1. The van der Waals surface area contributed by atoms with Gasteiger partial charge in [0.1, 0.15) is 0 Å². The van der Waals surface area contributed by atoms with E-state index in [0.29, 0.717) is 30.8 Å². The zero-order chi connectivity index (χ0) is 13.7. The molecule has 1 aromatic rings. The first-order valence-corrected chi connectivity index (χ1v) is 6.52. The molecular weight excluding hydrogens is 254 g/mol. The molecule has 5 nitrogen and oxygen atoms in total. The molecule has 0 radical (unpaired) electrons. The molecule has 0 fully saturated rings. The predicted molar refractivity (Wildman–Crippen MR) is 70.7 cm³/mol. The van der Waals surface area contributed by atoms with Crippen LogP contribution in [0.2, 0.25) is 5.02 Å². The lowest BCUT2D eigenvalue weighted by molar-refractivity contribution is -0.142. The first-order valence-electron chi connectivity index (χ1n) is 6.14. The van der Waals surface area contributed by atoms with Crippen LogP contribution in [0.3, 0.4) is 0 Å². The first kappa shape index (κ1) is 15.0. The number of aromatic nitrogens is 2. The van der Waals surface area contributed by atoms with Crippen molar-refractivity contribution >= 4 is 17.6 Å². The van der Waals surface area contributed by atoms with E-state index < -0.39 is 11.9 Å². The van der Waals surface area contributed by atoms with E-state index in [1.54, 1.807) is 11.7 Å². The average molecular weight is 274 g/mol. The maximum absolute atomic E-state index is 11.2. The van der Waals surface area contributed by atoms with Crippen LogP contribution in [-0.2, 0) is 24.7 Å². The molecule has 102 valence electrons. The molecule has 6 heteroatoms. The van der Waals surface area contributed by atoms with Crippen molar-refractivity contribution in [3.63, 3.8) is 0 Å². The third-order valence-corrected chi connectivity index (χ3v) is 3.48. The van der Waals surface area contributed by atoms with Gasteiger partial charge in [-0.3, -0.25) is 9.48 Å². The zero-order valence-corrected chi connectivity index (χ0v) is 11.6. The summed E-state index contributed by atoms with van der Waals surface area (Å²) in [5.41, 5.74) is 7.03. The maximum Gasteiger partial charge on any atom is 0.306 e. The third kappa shape index (κ3) is 3.46. The van der Waals surface area contributed by atoms with Crippen LogP contribution in [-0.4, -0.2) is 27.4 Å². The summed E-state index contributed by atoms with van der Waals surface area (Å²) in [7, 11) is 1.79. The second-order valence-corrected chi connectivity index (χ2v) is 4.73. The van der Waals surface area contributed by atoms with Crippen molar-refractivity contribution < 1.29 is 9.90 Å². The summed E-state index contributed by atoms with van der Waals surface area (Å²) >= 11 is 6.21. The van der Waals surface area contributed by atoms with Crippen molar-refractivity contribution in [1.29, 1.82) is 0 Å². The van der Waals surface area contributed by atoms with Gasteiger partial charge in [0.25, 0.3) is 0 Å². The highest BCUT2D eigenvalue weighted by atomic mass is 35.5. The van der Waals surface area contributed by atoms with Crippen LogP contribution < -0.4 is 5.73 Å². The summed E-state index contributed by atoms with van der Waals surface area (Å²) < 4.78 is 1.68. The molecule has 1 unspecified atom stereocenters. The van der Waals surface area contributed by atoms with Crippen LogP contribution in [0.1, 0.15) is 31.2 Å². The molecule has 0 bridgehead atoms. The Bertz CT molecular complexity index is 418. The Morgan fingerprint density at radius 1 is 1.61 bits per heavy atom. The lowest BCUT2D eigenvalue weighted by Crippen LogP contribution is -2.19. The fourth-order valence-electron chi connectivity index (χ4n) is 1.95. The standard InChI is InChI=1S/C12H20ClN3O2/c1-3-9-11(13)10(16(2)15-9)7-8(12(17)18)5-4-6-14/h8H,3-7,14H2,1-2H3,(H,17,18). The average Bonchev–Trinajstić information content (AvgIpc) is 2.60. The van der Waals surface area contributed by atoms with Gasteiger partial charge in [-0.05, 0) is 25.8 Å². The largest absolute Gasteiger partial charge is 0.481 e. The Morgan fingerprint density at radius 3 is 2.72 bits per heavy atom. The van der Waals surface area contributed by atoms with E-state index in [0.717, 1.165) is 17.8 Å². The summed E-state index contributed by atoms with van der Waals surface area (Å²) in [6, 6.07) is 0. The van der Waals surface area contributed by atoms with Gasteiger partial charge in [0.05, 0.1) is 22.3 Å². The highest BCUT2D eigenvalue weighted by Gasteiger charge is 2.22. The Labute approximate surface area is 112 Å². The molecule has 1 aromatic heterocycles. The molecular formula is C12H20ClN3O2. The van der Waals surface area contributed by atoms with Gasteiger partial charge in [-0.15, -0.1) is 0 Å². The summed E-state index contributed by atoms with van der Waals surface area (Å²) in [6.45, 7) is 2.48. The van der Waals surface area contributed by atoms with E-state index >= 15 is 0 Å². The van der Waals surface area contributed by atoms with E-state index in [1.165, 1.54) is 0 Å². The SMILES string of the molecule is CCc1nn(C)c(CC(CCCN)C(=O)O)c1Cl.